The Morgan fingerprint density at radius 3 is 2.14 bits per heavy atom. The number of unbranched alkanes of at least 4 members (excludes halogenated alkanes) is 6. The zero-order chi connectivity index (χ0) is 25.6. The molecule has 0 amide bonds. The molecule has 1 aromatic rings. The molecule has 0 unspecified atom stereocenters. The lowest BCUT2D eigenvalue weighted by Crippen LogP contribution is -2.29. The van der Waals surface area contributed by atoms with Gasteiger partial charge in [-0.3, -0.25) is 0 Å². The highest BCUT2D eigenvalue weighted by molar-refractivity contribution is 5.90. The van der Waals surface area contributed by atoms with E-state index in [0.29, 0.717) is 23.5 Å². The van der Waals surface area contributed by atoms with Crippen molar-refractivity contribution in [3.8, 4) is 11.8 Å². The monoisotopic (exact) mass is 495 g/mol. The number of ether oxygens (including phenoxy) is 2. The van der Waals surface area contributed by atoms with Gasteiger partial charge < -0.3 is 9.47 Å². The molecule has 0 aliphatic heterocycles. The standard InChI is InChI=1S/C32H49NO3/c1-3-5-7-9-11-25-12-14-26(15-13-25)27-16-19-30(20-17-27)36-32(34)28-18-21-31(29(23-28)24-33)35-22-10-8-6-4-2/h18,21,23,25-27,30H,3-17,19-20,22H2,1-2H3. The molecule has 0 saturated heterocycles. The van der Waals surface area contributed by atoms with Gasteiger partial charge in [-0.2, -0.15) is 5.26 Å². The number of carbonyl (C=O) groups is 1. The summed E-state index contributed by atoms with van der Waals surface area (Å²) in [5, 5.41) is 9.54. The van der Waals surface area contributed by atoms with E-state index in [2.05, 4.69) is 19.9 Å². The quantitative estimate of drug-likeness (QED) is 0.191. The van der Waals surface area contributed by atoms with Crippen molar-refractivity contribution in [3.05, 3.63) is 29.3 Å². The van der Waals surface area contributed by atoms with E-state index < -0.39 is 0 Å². The molecule has 0 bridgehead atoms. The lowest BCUT2D eigenvalue weighted by molar-refractivity contribution is 0.0109. The maximum absolute atomic E-state index is 12.8. The zero-order valence-corrected chi connectivity index (χ0v) is 22.9. The molecule has 0 radical (unpaired) electrons. The van der Waals surface area contributed by atoms with Gasteiger partial charge in [-0.25, -0.2) is 4.79 Å². The number of hydrogen-bond donors (Lipinski definition) is 0. The van der Waals surface area contributed by atoms with E-state index in [-0.39, 0.29) is 12.1 Å². The molecule has 2 saturated carbocycles. The second-order valence-corrected chi connectivity index (χ2v) is 11.3. The van der Waals surface area contributed by atoms with Gasteiger partial charge in [0.05, 0.1) is 17.7 Å². The van der Waals surface area contributed by atoms with Gasteiger partial charge in [-0.05, 0) is 80.9 Å². The van der Waals surface area contributed by atoms with Crippen molar-refractivity contribution in [2.24, 2.45) is 17.8 Å². The van der Waals surface area contributed by atoms with Crippen LogP contribution in [0.3, 0.4) is 0 Å². The van der Waals surface area contributed by atoms with Gasteiger partial charge in [0, 0.05) is 0 Å². The molecule has 2 aliphatic rings. The molecular weight excluding hydrogens is 446 g/mol. The van der Waals surface area contributed by atoms with Crippen molar-refractivity contribution in [2.75, 3.05) is 6.61 Å². The smallest absolute Gasteiger partial charge is 0.338 e. The fourth-order valence-electron chi connectivity index (χ4n) is 6.29. The summed E-state index contributed by atoms with van der Waals surface area (Å²) in [6, 6.07) is 7.27. The third-order valence-corrected chi connectivity index (χ3v) is 8.61. The Hall–Kier alpha value is -2.02. The van der Waals surface area contributed by atoms with Crippen LogP contribution in [0.5, 0.6) is 5.75 Å². The molecule has 0 aromatic heterocycles. The van der Waals surface area contributed by atoms with Crippen molar-refractivity contribution in [1.29, 1.82) is 5.26 Å². The van der Waals surface area contributed by atoms with Crippen LogP contribution >= 0.6 is 0 Å². The maximum atomic E-state index is 12.8. The van der Waals surface area contributed by atoms with Crippen molar-refractivity contribution < 1.29 is 14.3 Å². The van der Waals surface area contributed by atoms with Crippen LogP contribution in [0.15, 0.2) is 18.2 Å². The molecule has 0 spiro atoms. The van der Waals surface area contributed by atoms with Crippen LogP contribution < -0.4 is 4.74 Å². The van der Waals surface area contributed by atoms with E-state index in [0.717, 1.165) is 43.4 Å². The van der Waals surface area contributed by atoms with Crippen molar-refractivity contribution >= 4 is 5.97 Å². The van der Waals surface area contributed by atoms with Gasteiger partial charge in [0.15, 0.2) is 0 Å². The first-order valence-corrected chi connectivity index (χ1v) is 15.0. The maximum Gasteiger partial charge on any atom is 0.338 e. The van der Waals surface area contributed by atoms with Gasteiger partial charge >= 0.3 is 5.97 Å². The fourth-order valence-corrected chi connectivity index (χ4v) is 6.29. The van der Waals surface area contributed by atoms with Crippen LogP contribution in [0.4, 0.5) is 0 Å². The van der Waals surface area contributed by atoms with E-state index in [1.807, 2.05) is 0 Å². The molecule has 0 atom stereocenters. The topological polar surface area (TPSA) is 59.3 Å². The minimum atomic E-state index is -0.312. The Balaban J connectivity index is 1.38. The van der Waals surface area contributed by atoms with E-state index in [1.54, 1.807) is 18.2 Å². The summed E-state index contributed by atoms with van der Waals surface area (Å²) in [5.74, 6) is 2.89. The Morgan fingerprint density at radius 2 is 1.50 bits per heavy atom. The first-order valence-electron chi connectivity index (χ1n) is 15.0. The highest BCUT2D eigenvalue weighted by atomic mass is 16.5. The van der Waals surface area contributed by atoms with E-state index in [9.17, 15) is 10.1 Å². The molecule has 0 heterocycles. The summed E-state index contributed by atoms with van der Waals surface area (Å²) in [4.78, 5) is 12.8. The molecule has 4 heteroatoms. The number of nitriles is 1. The van der Waals surface area contributed by atoms with Crippen LogP contribution in [0.25, 0.3) is 0 Å². The molecule has 2 fully saturated rings. The van der Waals surface area contributed by atoms with Crippen LogP contribution in [0, 0.1) is 29.1 Å². The summed E-state index contributed by atoms with van der Waals surface area (Å²) in [7, 11) is 0. The SMILES string of the molecule is CCCCCCOc1ccc(C(=O)OC2CCC(C3CCC(CCCCCC)CC3)CC2)cc1C#N. The predicted molar refractivity (Wildman–Crippen MR) is 146 cm³/mol. The van der Waals surface area contributed by atoms with Crippen LogP contribution in [-0.2, 0) is 4.74 Å². The van der Waals surface area contributed by atoms with E-state index >= 15 is 0 Å². The Labute approximate surface area is 220 Å². The van der Waals surface area contributed by atoms with Gasteiger partial charge in [-0.15, -0.1) is 0 Å². The summed E-state index contributed by atoms with van der Waals surface area (Å²) in [5.41, 5.74) is 0.855. The molecule has 4 nitrogen and oxygen atoms in total. The number of benzene rings is 1. The third-order valence-electron chi connectivity index (χ3n) is 8.61. The van der Waals surface area contributed by atoms with Crippen LogP contribution in [0.1, 0.15) is 139 Å². The van der Waals surface area contributed by atoms with E-state index in [1.165, 1.54) is 83.5 Å². The fraction of sp³-hybridized carbons (Fsp3) is 0.750. The molecule has 1 aromatic carbocycles. The first kappa shape index (κ1) is 28.5. The van der Waals surface area contributed by atoms with Crippen molar-refractivity contribution in [2.45, 2.75) is 129 Å². The average Bonchev–Trinajstić information content (AvgIpc) is 2.92. The van der Waals surface area contributed by atoms with E-state index in [4.69, 9.17) is 9.47 Å². The van der Waals surface area contributed by atoms with Crippen molar-refractivity contribution in [3.63, 3.8) is 0 Å². The second kappa shape index (κ2) is 16.0. The van der Waals surface area contributed by atoms with Gasteiger partial charge in [0.1, 0.15) is 17.9 Å². The number of rotatable bonds is 14. The highest BCUT2D eigenvalue weighted by Gasteiger charge is 2.32. The number of esters is 1. The summed E-state index contributed by atoms with van der Waals surface area (Å²) < 4.78 is 11.7. The molecule has 2 aliphatic carbocycles. The van der Waals surface area contributed by atoms with Crippen molar-refractivity contribution in [1.82, 2.24) is 0 Å². The molecule has 36 heavy (non-hydrogen) atoms. The summed E-state index contributed by atoms with van der Waals surface area (Å²) >= 11 is 0. The number of hydrogen-bond acceptors (Lipinski definition) is 4. The third kappa shape index (κ3) is 9.13. The Morgan fingerprint density at radius 1 is 0.861 bits per heavy atom. The molecule has 3 rings (SSSR count). The lowest BCUT2D eigenvalue weighted by Gasteiger charge is -2.37. The number of carbonyl (C=O) groups excluding carboxylic acids is 1. The largest absolute Gasteiger partial charge is 0.492 e. The first-order chi connectivity index (χ1) is 17.6. The normalized spacial score (nSPS) is 24.1. The molecule has 200 valence electrons. The summed E-state index contributed by atoms with van der Waals surface area (Å²) in [6.07, 6.45) is 21.4. The lowest BCUT2D eigenvalue weighted by atomic mass is 9.70. The van der Waals surface area contributed by atoms with Gasteiger partial charge in [0.25, 0.3) is 0 Å². The average molecular weight is 496 g/mol. The van der Waals surface area contributed by atoms with Gasteiger partial charge in [-0.1, -0.05) is 78.1 Å². The second-order valence-electron chi connectivity index (χ2n) is 11.3. The minimum Gasteiger partial charge on any atom is -0.492 e. The molecular formula is C32H49NO3. The Bertz CT molecular complexity index is 813. The van der Waals surface area contributed by atoms with Crippen LogP contribution in [-0.4, -0.2) is 18.7 Å². The van der Waals surface area contributed by atoms with Gasteiger partial charge in [0.2, 0.25) is 0 Å². The predicted octanol–water partition coefficient (Wildman–Crippen LogP) is 9.01. The van der Waals surface area contributed by atoms with Crippen LogP contribution in [0.2, 0.25) is 0 Å². The highest BCUT2D eigenvalue weighted by Crippen LogP contribution is 2.41. The molecule has 0 N–H and O–H groups in total. The zero-order valence-electron chi connectivity index (χ0n) is 22.9. The number of nitrogens with zero attached hydrogens (tertiary/aromatic N) is 1. The Kier molecular flexibility index (Phi) is 12.7. The summed E-state index contributed by atoms with van der Waals surface area (Å²) in [6.45, 7) is 5.07. The minimum absolute atomic E-state index is 0.00341.